The van der Waals surface area contributed by atoms with Crippen LogP contribution in [0.4, 0.5) is 0 Å². The van der Waals surface area contributed by atoms with Gasteiger partial charge in [-0.3, -0.25) is 4.79 Å². The molecule has 0 amide bonds. The normalized spacial score (nSPS) is 19.6. The average molecular weight is 368 g/mol. The first-order valence-corrected chi connectivity index (χ1v) is 9.40. The molecule has 0 spiro atoms. The van der Waals surface area contributed by atoms with Crippen molar-refractivity contribution < 1.29 is 19.3 Å². The number of rotatable bonds is 5. The smallest absolute Gasteiger partial charge is 0.217 e. The monoisotopic (exact) mass is 368 g/mol. The average Bonchev–Trinajstić information content (AvgIpc) is 2.60. The van der Waals surface area contributed by atoms with Gasteiger partial charge in [-0.25, -0.2) is 4.89 Å². The van der Waals surface area contributed by atoms with E-state index in [9.17, 15) is 4.79 Å². The zero-order valence-electron chi connectivity index (χ0n) is 16.7. The summed E-state index contributed by atoms with van der Waals surface area (Å²) in [6, 6.07) is 13.9. The van der Waals surface area contributed by atoms with Gasteiger partial charge in [0.2, 0.25) is 6.29 Å². The molecular weight excluding hydrogens is 340 g/mol. The van der Waals surface area contributed by atoms with E-state index in [1.54, 1.807) is 0 Å². The summed E-state index contributed by atoms with van der Waals surface area (Å²) in [5.74, 6) is 0.0750. The summed E-state index contributed by atoms with van der Waals surface area (Å²) in [7, 11) is 0. The molecule has 0 unspecified atom stereocenters. The highest BCUT2D eigenvalue weighted by molar-refractivity contribution is 5.96. The summed E-state index contributed by atoms with van der Waals surface area (Å²) in [5.41, 5.74) is 4.64. The SMILES string of the molecule is Cc1ccc(C(=O)C[C@@H]2Cc3ccc(C)cc3[C@H](OOC(C)(C)C)O2)cc1. The van der Waals surface area contributed by atoms with Crippen molar-refractivity contribution in [1.29, 1.82) is 0 Å². The molecule has 144 valence electrons. The minimum Gasteiger partial charge on any atom is -0.342 e. The van der Waals surface area contributed by atoms with E-state index < -0.39 is 11.9 Å². The lowest BCUT2D eigenvalue weighted by atomic mass is 9.93. The van der Waals surface area contributed by atoms with Crippen LogP contribution in [0, 0.1) is 13.8 Å². The maximum Gasteiger partial charge on any atom is 0.217 e. The molecule has 4 nitrogen and oxygen atoms in total. The number of aryl methyl sites for hydroxylation is 2. The van der Waals surface area contributed by atoms with Gasteiger partial charge >= 0.3 is 0 Å². The van der Waals surface area contributed by atoms with Crippen LogP contribution in [0.2, 0.25) is 0 Å². The molecule has 2 aromatic carbocycles. The summed E-state index contributed by atoms with van der Waals surface area (Å²) >= 11 is 0. The van der Waals surface area contributed by atoms with Gasteiger partial charge in [-0.15, -0.1) is 0 Å². The van der Waals surface area contributed by atoms with Crippen LogP contribution in [0.1, 0.15) is 66.1 Å². The molecule has 27 heavy (non-hydrogen) atoms. The predicted octanol–water partition coefficient (Wildman–Crippen LogP) is 5.26. The Hall–Kier alpha value is -2.01. The van der Waals surface area contributed by atoms with Gasteiger partial charge in [0.05, 0.1) is 11.7 Å². The van der Waals surface area contributed by atoms with Crippen LogP contribution in [0.5, 0.6) is 0 Å². The third kappa shape index (κ3) is 5.25. The number of hydrogen-bond acceptors (Lipinski definition) is 4. The van der Waals surface area contributed by atoms with E-state index in [0.29, 0.717) is 18.4 Å². The Morgan fingerprint density at radius 1 is 1.07 bits per heavy atom. The van der Waals surface area contributed by atoms with Crippen LogP contribution < -0.4 is 0 Å². The predicted molar refractivity (Wildman–Crippen MR) is 105 cm³/mol. The molecule has 0 radical (unpaired) electrons. The Morgan fingerprint density at radius 2 is 1.74 bits per heavy atom. The summed E-state index contributed by atoms with van der Waals surface area (Å²) in [6.07, 6.45) is 0.111. The third-order valence-corrected chi connectivity index (χ3v) is 4.49. The molecule has 3 rings (SSSR count). The van der Waals surface area contributed by atoms with Crippen LogP contribution in [-0.4, -0.2) is 17.5 Å². The number of carbonyl (C=O) groups is 1. The first kappa shape index (κ1) is 19.7. The highest BCUT2D eigenvalue weighted by atomic mass is 17.2. The van der Waals surface area contributed by atoms with E-state index in [4.69, 9.17) is 14.5 Å². The lowest BCUT2D eigenvalue weighted by molar-refractivity contribution is -0.427. The van der Waals surface area contributed by atoms with Gasteiger partial charge in [0.15, 0.2) is 5.78 Å². The second-order valence-corrected chi connectivity index (χ2v) is 8.28. The maximum atomic E-state index is 12.7. The largest absolute Gasteiger partial charge is 0.342 e. The Morgan fingerprint density at radius 3 is 2.41 bits per heavy atom. The van der Waals surface area contributed by atoms with E-state index in [0.717, 1.165) is 22.3 Å². The molecule has 4 heteroatoms. The Labute approximate surface area is 161 Å². The summed E-state index contributed by atoms with van der Waals surface area (Å²) in [4.78, 5) is 23.8. The third-order valence-electron chi connectivity index (χ3n) is 4.49. The number of carbonyl (C=O) groups excluding carboxylic acids is 1. The highest BCUT2D eigenvalue weighted by Gasteiger charge is 2.31. The van der Waals surface area contributed by atoms with Gasteiger partial charge in [0, 0.05) is 17.5 Å². The quantitative estimate of drug-likeness (QED) is 0.410. The molecular formula is C23H28O4. The van der Waals surface area contributed by atoms with Crippen molar-refractivity contribution in [3.05, 3.63) is 70.3 Å². The van der Waals surface area contributed by atoms with Gasteiger partial charge in [0.1, 0.15) is 0 Å². The minimum atomic E-state index is -0.635. The van der Waals surface area contributed by atoms with Gasteiger partial charge < -0.3 is 4.74 Å². The van der Waals surface area contributed by atoms with E-state index >= 15 is 0 Å². The number of Topliss-reactive ketones (excluding diaryl/α,β-unsaturated/α-hetero) is 1. The fourth-order valence-corrected chi connectivity index (χ4v) is 3.11. The molecule has 1 aliphatic rings. The van der Waals surface area contributed by atoms with E-state index in [-0.39, 0.29) is 11.9 Å². The fourth-order valence-electron chi connectivity index (χ4n) is 3.11. The van der Waals surface area contributed by atoms with Crippen LogP contribution in [0.15, 0.2) is 42.5 Å². The highest BCUT2D eigenvalue weighted by Crippen LogP contribution is 2.34. The van der Waals surface area contributed by atoms with Gasteiger partial charge in [0.25, 0.3) is 0 Å². The Kier molecular flexibility index (Phi) is 5.80. The van der Waals surface area contributed by atoms with Crippen molar-refractivity contribution in [2.75, 3.05) is 0 Å². The van der Waals surface area contributed by atoms with Gasteiger partial charge in [-0.2, -0.15) is 4.89 Å². The summed E-state index contributed by atoms with van der Waals surface area (Å²) in [6.45, 7) is 9.81. The topological polar surface area (TPSA) is 44.8 Å². The summed E-state index contributed by atoms with van der Waals surface area (Å²) < 4.78 is 6.11. The number of fused-ring (bicyclic) bond motifs is 1. The molecule has 0 bridgehead atoms. The van der Waals surface area contributed by atoms with Crippen molar-refractivity contribution in [1.82, 2.24) is 0 Å². The molecule has 0 aromatic heterocycles. The zero-order valence-corrected chi connectivity index (χ0v) is 16.7. The fraction of sp³-hybridized carbons (Fsp3) is 0.435. The van der Waals surface area contributed by atoms with Crippen molar-refractivity contribution in [3.63, 3.8) is 0 Å². The van der Waals surface area contributed by atoms with Crippen molar-refractivity contribution in [2.45, 2.75) is 65.5 Å². The molecule has 0 saturated carbocycles. The molecule has 2 aromatic rings. The Bertz CT molecular complexity index is 802. The molecule has 1 heterocycles. The van der Waals surface area contributed by atoms with Crippen LogP contribution in [-0.2, 0) is 20.9 Å². The van der Waals surface area contributed by atoms with E-state index in [1.807, 2.05) is 58.9 Å². The standard InChI is InChI=1S/C23H28O4/c1-15-6-9-17(10-7-15)21(24)14-19-13-18-11-8-16(2)12-20(18)22(25-19)26-27-23(3,4)5/h6-12,19,22H,13-14H2,1-5H3/t19-,22-/m0/s1. The zero-order chi connectivity index (χ0) is 19.6. The number of ketones is 1. The molecule has 2 atom stereocenters. The van der Waals surface area contributed by atoms with Gasteiger partial charge in [-0.1, -0.05) is 53.6 Å². The number of benzene rings is 2. The maximum absolute atomic E-state index is 12.7. The molecule has 1 aliphatic heterocycles. The van der Waals surface area contributed by atoms with Gasteiger partial charge in [-0.05, 0) is 46.6 Å². The van der Waals surface area contributed by atoms with Crippen molar-refractivity contribution in [3.8, 4) is 0 Å². The number of hydrogen-bond donors (Lipinski definition) is 0. The first-order chi connectivity index (χ1) is 12.7. The van der Waals surface area contributed by atoms with Crippen LogP contribution in [0.3, 0.4) is 0 Å². The Balaban J connectivity index is 1.76. The van der Waals surface area contributed by atoms with Crippen molar-refractivity contribution >= 4 is 5.78 Å². The lowest BCUT2D eigenvalue weighted by Gasteiger charge is -2.33. The van der Waals surface area contributed by atoms with Crippen molar-refractivity contribution in [2.24, 2.45) is 0 Å². The molecule has 0 aliphatic carbocycles. The molecule has 0 fully saturated rings. The summed E-state index contributed by atoms with van der Waals surface area (Å²) in [5, 5.41) is 0. The second kappa shape index (κ2) is 7.93. The van der Waals surface area contributed by atoms with Crippen LogP contribution >= 0.6 is 0 Å². The second-order valence-electron chi connectivity index (χ2n) is 8.28. The van der Waals surface area contributed by atoms with E-state index in [1.165, 1.54) is 0 Å². The molecule has 0 saturated heterocycles. The minimum absolute atomic E-state index is 0.0750. The number of ether oxygens (including phenoxy) is 1. The van der Waals surface area contributed by atoms with E-state index in [2.05, 4.69) is 18.2 Å². The molecule has 0 N–H and O–H groups in total. The first-order valence-electron chi connectivity index (χ1n) is 9.40. The van der Waals surface area contributed by atoms with Crippen LogP contribution in [0.25, 0.3) is 0 Å². The lowest BCUT2D eigenvalue weighted by Crippen LogP contribution is -2.31.